The number of hydrogen-bond donors (Lipinski definition) is 1. The number of benzene rings is 1. The average Bonchev–Trinajstić information content (AvgIpc) is 2.59. The molecule has 8 heteroatoms. The lowest BCUT2D eigenvalue weighted by molar-refractivity contribution is -0.384. The van der Waals surface area contributed by atoms with Gasteiger partial charge in [-0.15, -0.1) is 0 Å². The van der Waals surface area contributed by atoms with E-state index in [1.165, 1.54) is 31.4 Å². The minimum Gasteiger partial charge on any atom is -0.452 e. The molecule has 1 fully saturated rings. The zero-order chi connectivity index (χ0) is 17.5. The predicted molar refractivity (Wildman–Crippen MR) is 88.0 cm³/mol. The van der Waals surface area contributed by atoms with E-state index in [0.29, 0.717) is 12.5 Å². The molecule has 2 rings (SSSR count). The van der Waals surface area contributed by atoms with Crippen molar-refractivity contribution in [2.24, 2.45) is 5.92 Å². The highest BCUT2D eigenvalue weighted by Gasteiger charge is 2.18. The van der Waals surface area contributed by atoms with Crippen molar-refractivity contribution in [3.8, 4) is 0 Å². The lowest BCUT2D eigenvalue weighted by Crippen LogP contribution is -2.33. The molecule has 0 saturated heterocycles. The standard InChI is InChI=1S/C16H19ClN2O5/c17-13-7-6-12(8-14(13)19(22)23)16(21)24-10-15(20)18-9-11-4-2-1-3-5-11/h6-8,11H,1-5,9-10H2,(H,18,20). The molecule has 1 aromatic carbocycles. The van der Waals surface area contributed by atoms with E-state index in [9.17, 15) is 19.7 Å². The van der Waals surface area contributed by atoms with Crippen LogP contribution < -0.4 is 5.32 Å². The van der Waals surface area contributed by atoms with E-state index < -0.39 is 17.5 Å². The maximum absolute atomic E-state index is 11.9. The Hall–Kier alpha value is -2.15. The summed E-state index contributed by atoms with van der Waals surface area (Å²) < 4.78 is 4.89. The molecule has 0 unspecified atom stereocenters. The number of nitro groups is 1. The molecule has 130 valence electrons. The molecule has 0 spiro atoms. The molecule has 0 atom stereocenters. The second-order valence-corrected chi connectivity index (χ2v) is 6.21. The van der Waals surface area contributed by atoms with Gasteiger partial charge < -0.3 is 10.1 Å². The zero-order valence-electron chi connectivity index (χ0n) is 13.1. The first-order chi connectivity index (χ1) is 11.5. The first kappa shape index (κ1) is 18.2. The summed E-state index contributed by atoms with van der Waals surface area (Å²) >= 11 is 5.68. The first-order valence-corrected chi connectivity index (χ1v) is 8.23. The predicted octanol–water partition coefficient (Wildman–Crippen LogP) is 3.10. The van der Waals surface area contributed by atoms with Gasteiger partial charge in [0.05, 0.1) is 10.5 Å². The van der Waals surface area contributed by atoms with Gasteiger partial charge >= 0.3 is 5.97 Å². The summed E-state index contributed by atoms with van der Waals surface area (Å²) in [5, 5.41) is 13.5. The van der Waals surface area contributed by atoms with Crippen molar-refractivity contribution in [2.75, 3.05) is 13.2 Å². The zero-order valence-corrected chi connectivity index (χ0v) is 13.9. The quantitative estimate of drug-likeness (QED) is 0.480. The monoisotopic (exact) mass is 354 g/mol. The Bertz CT molecular complexity index is 629. The van der Waals surface area contributed by atoms with Crippen molar-refractivity contribution in [2.45, 2.75) is 32.1 Å². The van der Waals surface area contributed by atoms with E-state index in [1.54, 1.807) is 0 Å². The van der Waals surface area contributed by atoms with Crippen LogP contribution in [0.2, 0.25) is 5.02 Å². The van der Waals surface area contributed by atoms with Gasteiger partial charge in [-0.1, -0.05) is 30.9 Å². The lowest BCUT2D eigenvalue weighted by Gasteiger charge is -2.21. The third-order valence-electron chi connectivity index (χ3n) is 4.03. The Morgan fingerprint density at radius 1 is 1.29 bits per heavy atom. The molecule has 0 bridgehead atoms. The van der Waals surface area contributed by atoms with Crippen molar-refractivity contribution < 1.29 is 19.2 Å². The normalized spacial score (nSPS) is 14.9. The van der Waals surface area contributed by atoms with Crippen LogP contribution in [0.3, 0.4) is 0 Å². The maximum Gasteiger partial charge on any atom is 0.338 e. The molecule has 0 heterocycles. The Labute approximate surface area is 144 Å². The van der Waals surface area contributed by atoms with Gasteiger partial charge in [0.2, 0.25) is 0 Å². The highest BCUT2D eigenvalue weighted by molar-refractivity contribution is 6.32. The number of esters is 1. The molecule has 0 radical (unpaired) electrons. The molecular weight excluding hydrogens is 336 g/mol. The van der Waals surface area contributed by atoms with E-state index >= 15 is 0 Å². The molecule has 0 aromatic heterocycles. The van der Waals surface area contributed by atoms with Crippen LogP contribution in [0, 0.1) is 16.0 Å². The second-order valence-electron chi connectivity index (χ2n) is 5.81. The van der Waals surface area contributed by atoms with Crippen LogP contribution >= 0.6 is 11.6 Å². The summed E-state index contributed by atoms with van der Waals surface area (Å²) in [6, 6.07) is 3.60. The van der Waals surface area contributed by atoms with Gasteiger partial charge in [-0.2, -0.15) is 0 Å². The minimum atomic E-state index is -0.803. The van der Waals surface area contributed by atoms with Gasteiger partial charge in [0.1, 0.15) is 5.02 Å². The highest BCUT2D eigenvalue weighted by atomic mass is 35.5. The molecular formula is C16H19ClN2O5. The number of carbonyl (C=O) groups excluding carboxylic acids is 2. The van der Waals surface area contributed by atoms with E-state index in [4.69, 9.17) is 16.3 Å². The molecule has 1 aliphatic carbocycles. The van der Waals surface area contributed by atoms with E-state index in [2.05, 4.69) is 5.32 Å². The topological polar surface area (TPSA) is 98.5 Å². The van der Waals surface area contributed by atoms with Gasteiger partial charge in [0.15, 0.2) is 6.61 Å². The Balaban J connectivity index is 1.80. The van der Waals surface area contributed by atoms with Crippen LogP contribution in [0.1, 0.15) is 42.5 Å². The fraction of sp³-hybridized carbons (Fsp3) is 0.500. The molecule has 1 amide bonds. The molecule has 1 saturated carbocycles. The highest BCUT2D eigenvalue weighted by Crippen LogP contribution is 2.25. The van der Waals surface area contributed by atoms with Crippen LogP contribution in [0.25, 0.3) is 0 Å². The van der Waals surface area contributed by atoms with Gasteiger partial charge in [-0.25, -0.2) is 4.79 Å². The Kier molecular flexibility index (Phi) is 6.54. The molecule has 24 heavy (non-hydrogen) atoms. The lowest BCUT2D eigenvalue weighted by atomic mass is 9.89. The third kappa shape index (κ3) is 5.19. The van der Waals surface area contributed by atoms with Gasteiger partial charge in [0, 0.05) is 12.6 Å². The van der Waals surface area contributed by atoms with Gasteiger partial charge in [-0.05, 0) is 30.9 Å². The molecule has 1 aromatic rings. The number of nitrogens with one attached hydrogen (secondary N) is 1. The number of amides is 1. The number of nitrogens with zero attached hydrogens (tertiary/aromatic N) is 1. The number of rotatable bonds is 6. The fourth-order valence-corrected chi connectivity index (χ4v) is 2.88. The van der Waals surface area contributed by atoms with Crippen molar-refractivity contribution >= 4 is 29.2 Å². The van der Waals surface area contributed by atoms with Crippen LogP contribution in [-0.2, 0) is 9.53 Å². The molecule has 0 aliphatic heterocycles. The molecule has 1 N–H and O–H groups in total. The van der Waals surface area contributed by atoms with E-state index in [-0.39, 0.29) is 22.2 Å². The largest absolute Gasteiger partial charge is 0.452 e. The number of nitro benzene ring substituents is 1. The number of hydrogen-bond acceptors (Lipinski definition) is 5. The number of halogens is 1. The Morgan fingerprint density at radius 3 is 2.67 bits per heavy atom. The van der Waals surface area contributed by atoms with Crippen molar-refractivity contribution in [3.63, 3.8) is 0 Å². The maximum atomic E-state index is 11.9. The van der Waals surface area contributed by atoms with Crippen LogP contribution in [-0.4, -0.2) is 30.0 Å². The smallest absolute Gasteiger partial charge is 0.338 e. The van der Waals surface area contributed by atoms with E-state index in [1.807, 2.05) is 0 Å². The van der Waals surface area contributed by atoms with Crippen LogP contribution in [0.15, 0.2) is 18.2 Å². The second kappa shape index (κ2) is 8.63. The SMILES string of the molecule is O=C(COC(=O)c1ccc(Cl)c([N+](=O)[O-])c1)NCC1CCCCC1. The van der Waals surface area contributed by atoms with Gasteiger partial charge in [-0.3, -0.25) is 14.9 Å². The third-order valence-corrected chi connectivity index (χ3v) is 4.35. The number of carbonyl (C=O) groups is 2. The summed E-state index contributed by atoms with van der Waals surface area (Å²) in [5.41, 5.74) is -0.404. The minimum absolute atomic E-state index is 0.0221. The van der Waals surface area contributed by atoms with Crippen molar-refractivity contribution in [1.82, 2.24) is 5.32 Å². The van der Waals surface area contributed by atoms with Crippen molar-refractivity contribution in [1.29, 1.82) is 0 Å². The summed E-state index contributed by atoms with van der Waals surface area (Å²) in [6.07, 6.45) is 5.83. The van der Waals surface area contributed by atoms with Crippen molar-refractivity contribution in [3.05, 3.63) is 38.9 Å². The summed E-state index contributed by atoms with van der Waals surface area (Å²) in [7, 11) is 0. The van der Waals surface area contributed by atoms with Crippen LogP contribution in [0.5, 0.6) is 0 Å². The first-order valence-electron chi connectivity index (χ1n) is 7.85. The molecule has 7 nitrogen and oxygen atoms in total. The Morgan fingerprint density at radius 2 is 2.00 bits per heavy atom. The summed E-state index contributed by atoms with van der Waals surface area (Å²) in [4.78, 5) is 33.7. The fourth-order valence-electron chi connectivity index (χ4n) is 2.69. The number of ether oxygens (including phenoxy) is 1. The van der Waals surface area contributed by atoms with E-state index in [0.717, 1.165) is 18.9 Å². The average molecular weight is 355 g/mol. The van der Waals surface area contributed by atoms with Crippen LogP contribution in [0.4, 0.5) is 5.69 Å². The van der Waals surface area contributed by atoms with Gasteiger partial charge in [0.25, 0.3) is 11.6 Å². The summed E-state index contributed by atoms with van der Waals surface area (Å²) in [5.74, 6) is -0.697. The molecule has 1 aliphatic rings. The summed E-state index contributed by atoms with van der Waals surface area (Å²) in [6.45, 7) is 0.171.